The molecule has 0 fully saturated rings. The first-order chi connectivity index (χ1) is 10.1. The zero-order valence-electron chi connectivity index (χ0n) is 11.8. The van der Waals surface area contributed by atoms with Crippen LogP contribution < -0.4 is 5.32 Å². The molecule has 0 amide bonds. The van der Waals surface area contributed by atoms with Gasteiger partial charge in [-0.3, -0.25) is 0 Å². The van der Waals surface area contributed by atoms with E-state index >= 15 is 0 Å². The summed E-state index contributed by atoms with van der Waals surface area (Å²) in [6.45, 7) is 3.19. The van der Waals surface area contributed by atoms with Crippen molar-refractivity contribution in [1.82, 2.24) is 5.32 Å². The predicted octanol–water partition coefficient (Wildman–Crippen LogP) is 5.97. The summed E-state index contributed by atoms with van der Waals surface area (Å²) in [5, 5.41) is 7.17. The molecule has 0 aliphatic rings. The van der Waals surface area contributed by atoms with Crippen LogP contribution in [0.3, 0.4) is 0 Å². The molecule has 0 spiro atoms. The maximum Gasteiger partial charge on any atom is 0.0453 e. The van der Waals surface area contributed by atoms with Gasteiger partial charge in [0.05, 0.1) is 0 Å². The number of rotatable bonds is 7. The fourth-order valence-electron chi connectivity index (χ4n) is 2.21. The van der Waals surface area contributed by atoms with Gasteiger partial charge in [0.15, 0.2) is 0 Å². The summed E-state index contributed by atoms with van der Waals surface area (Å²) in [5.74, 6) is 0. The first-order valence-electron chi connectivity index (χ1n) is 6.99. The van der Waals surface area contributed by atoms with Crippen molar-refractivity contribution in [3.8, 4) is 0 Å². The van der Waals surface area contributed by atoms with Gasteiger partial charge in [-0.2, -0.15) is 0 Å². The van der Waals surface area contributed by atoms with Crippen LogP contribution in [0, 0.1) is 0 Å². The van der Waals surface area contributed by atoms with Crippen LogP contribution in [0.25, 0.3) is 0 Å². The molecular weight excluding hydrogens is 389 g/mol. The van der Waals surface area contributed by atoms with Crippen molar-refractivity contribution in [3.05, 3.63) is 54.6 Å². The summed E-state index contributed by atoms with van der Waals surface area (Å²) < 4.78 is 1.19. The molecule has 1 heterocycles. The Morgan fingerprint density at radius 3 is 2.67 bits per heavy atom. The minimum absolute atomic E-state index is 0.374. The van der Waals surface area contributed by atoms with Gasteiger partial charge < -0.3 is 5.32 Å². The van der Waals surface area contributed by atoms with Crippen molar-refractivity contribution in [1.29, 1.82) is 0 Å². The minimum Gasteiger partial charge on any atom is -0.313 e. The molecule has 1 nitrogen and oxygen atoms in total. The van der Waals surface area contributed by atoms with Gasteiger partial charge in [0, 0.05) is 25.4 Å². The van der Waals surface area contributed by atoms with Gasteiger partial charge in [-0.05, 0) is 70.9 Å². The molecule has 0 bridgehead atoms. The Morgan fingerprint density at radius 1 is 1.24 bits per heavy atom. The molecule has 114 valence electrons. The first-order valence-corrected chi connectivity index (χ1v) is 9.42. The molecule has 5 heteroatoms. The van der Waals surface area contributed by atoms with E-state index in [1.54, 1.807) is 11.3 Å². The Kier molecular flexibility index (Phi) is 7.03. The van der Waals surface area contributed by atoms with E-state index in [1.165, 1.54) is 9.35 Å². The highest BCUT2D eigenvalue weighted by Crippen LogP contribution is 2.26. The number of thiophene rings is 1. The van der Waals surface area contributed by atoms with E-state index in [0.29, 0.717) is 11.1 Å². The predicted molar refractivity (Wildman–Crippen MR) is 98.0 cm³/mol. The molecule has 1 aromatic heterocycles. The van der Waals surface area contributed by atoms with Gasteiger partial charge in [0.2, 0.25) is 0 Å². The topological polar surface area (TPSA) is 12.0 Å². The lowest BCUT2D eigenvalue weighted by atomic mass is 10.0. The van der Waals surface area contributed by atoms with Gasteiger partial charge in [-0.15, -0.1) is 11.3 Å². The standard InChI is InChI=1S/C16H18BrCl2NS/c1-2-6-20-13(10-16-14(17)5-7-21-16)8-11-3-4-12(18)9-15(11)19/h3-5,7,9,13,20H,2,6,8,10H2,1H3. The normalized spacial score (nSPS) is 12.6. The maximum atomic E-state index is 6.30. The van der Waals surface area contributed by atoms with Crippen molar-refractivity contribution in [2.24, 2.45) is 0 Å². The average Bonchev–Trinajstić information content (AvgIpc) is 2.84. The lowest BCUT2D eigenvalue weighted by Gasteiger charge is -2.19. The van der Waals surface area contributed by atoms with E-state index in [9.17, 15) is 0 Å². The highest BCUT2D eigenvalue weighted by molar-refractivity contribution is 9.10. The van der Waals surface area contributed by atoms with Crippen LogP contribution in [0.2, 0.25) is 10.0 Å². The van der Waals surface area contributed by atoms with E-state index < -0.39 is 0 Å². The van der Waals surface area contributed by atoms with Crippen LogP contribution in [0.1, 0.15) is 23.8 Å². The molecule has 1 atom stereocenters. The largest absolute Gasteiger partial charge is 0.313 e. The van der Waals surface area contributed by atoms with E-state index in [1.807, 2.05) is 18.2 Å². The van der Waals surface area contributed by atoms with Gasteiger partial charge >= 0.3 is 0 Å². The molecule has 0 saturated carbocycles. The van der Waals surface area contributed by atoms with Crippen molar-refractivity contribution in [2.45, 2.75) is 32.2 Å². The summed E-state index contributed by atoms with van der Waals surface area (Å²) >= 11 is 17.7. The lowest BCUT2D eigenvalue weighted by Crippen LogP contribution is -2.33. The van der Waals surface area contributed by atoms with Crippen LogP contribution in [-0.4, -0.2) is 12.6 Å². The van der Waals surface area contributed by atoms with Crippen LogP contribution in [-0.2, 0) is 12.8 Å². The Bertz CT molecular complexity index is 585. The Hall–Kier alpha value is -0.0600. The zero-order valence-corrected chi connectivity index (χ0v) is 15.7. The molecule has 1 N–H and O–H groups in total. The van der Waals surface area contributed by atoms with E-state index in [4.69, 9.17) is 23.2 Å². The molecule has 0 aliphatic carbocycles. The zero-order chi connectivity index (χ0) is 15.2. The third-order valence-electron chi connectivity index (χ3n) is 3.29. The summed E-state index contributed by atoms with van der Waals surface area (Å²) in [5.41, 5.74) is 1.14. The molecule has 21 heavy (non-hydrogen) atoms. The monoisotopic (exact) mass is 405 g/mol. The summed E-state index contributed by atoms with van der Waals surface area (Å²) in [4.78, 5) is 1.37. The molecule has 2 aromatic rings. The maximum absolute atomic E-state index is 6.30. The molecule has 0 aliphatic heterocycles. The average molecular weight is 407 g/mol. The summed E-state index contributed by atoms with van der Waals surface area (Å²) in [6, 6.07) is 8.22. The van der Waals surface area contributed by atoms with Crippen molar-refractivity contribution in [2.75, 3.05) is 6.54 Å². The number of halogens is 3. The third kappa shape index (κ3) is 5.26. The quantitative estimate of drug-likeness (QED) is 0.596. The Morgan fingerprint density at radius 2 is 2.05 bits per heavy atom. The van der Waals surface area contributed by atoms with E-state index in [-0.39, 0.29) is 0 Å². The number of hydrogen-bond donors (Lipinski definition) is 1. The molecule has 1 aromatic carbocycles. The fraction of sp³-hybridized carbons (Fsp3) is 0.375. The number of nitrogens with one attached hydrogen (secondary N) is 1. The summed E-state index contributed by atoms with van der Waals surface area (Å²) in [6.07, 6.45) is 3.02. The second kappa shape index (κ2) is 8.54. The molecule has 0 saturated heterocycles. The van der Waals surface area contributed by atoms with Gasteiger partial charge in [-0.25, -0.2) is 0 Å². The van der Waals surface area contributed by atoms with E-state index in [2.05, 4.69) is 39.6 Å². The van der Waals surface area contributed by atoms with Crippen molar-refractivity contribution in [3.63, 3.8) is 0 Å². The number of hydrogen-bond acceptors (Lipinski definition) is 2. The first kappa shape index (κ1) is 17.3. The Labute approximate surface area is 148 Å². The molecule has 2 rings (SSSR count). The minimum atomic E-state index is 0.374. The number of benzene rings is 1. The smallest absolute Gasteiger partial charge is 0.0453 e. The van der Waals surface area contributed by atoms with Gasteiger partial charge in [-0.1, -0.05) is 36.2 Å². The van der Waals surface area contributed by atoms with Crippen LogP contribution >= 0.6 is 50.5 Å². The summed E-state index contributed by atoms with van der Waals surface area (Å²) in [7, 11) is 0. The highest BCUT2D eigenvalue weighted by Gasteiger charge is 2.14. The van der Waals surface area contributed by atoms with Gasteiger partial charge in [0.25, 0.3) is 0 Å². The second-order valence-corrected chi connectivity index (χ2v) is 7.69. The van der Waals surface area contributed by atoms with E-state index in [0.717, 1.165) is 36.4 Å². The molecular formula is C16H18BrCl2NS. The molecule has 1 unspecified atom stereocenters. The lowest BCUT2D eigenvalue weighted by molar-refractivity contribution is 0.507. The van der Waals surface area contributed by atoms with Crippen LogP contribution in [0.4, 0.5) is 0 Å². The van der Waals surface area contributed by atoms with Crippen molar-refractivity contribution < 1.29 is 0 Å². The highest BCUT2D eigenvalue weighted by atomic mass is 79.9. The molecule has 0 radical (unpaired) electrons. The SMILES string of the molecule is CCCNC(Cc1ccc(Cl)cc1Cl)Cc1sccc1Br. The van der Waals surface area contributed by atoms with Gasteiger partial charge in [0.1, 0.15) is 0 Å². The van der Waals surface area contributed by atoms with Crippen LogP contribution in [0.15, 0.2) is 34.1 Å². The van der Waals surface area contributed by atoms with Crippen molar-refractivity contribution >= 4 is 50.5 Å². The second-order valence-electron chi connectivity index (χ2n) is 4.99. The fourth-order valence-corrected chi connectivity index (χ4v) is 4.29. The Balaban J connectivity index is 2.10. The third-order valence-corrected chi connectivity index (χ3v) is 5.82. The van der Waals surface area contributed by atoms with Crippen LogP contribution in [0.5, 0.6) is 0 Å².